The quantitative estimate of drug-likeness (QED) is 0.603. The summed E-state index contributed by atoms with van der Waals surface area (Å²) in [5.41, 5.74) is 1.16. The molecule has 3 nitrogen and oxygen atoms in total. The maximum Gasteiger partial charge on any atom is 0.302 e. The molecule has 3 heteroatoms. The van der Waals surface area contributed by atoms with E-state index in [-0.39, 0.29) is 24.1 Å². The molecule has 19 heavy (non-hydrogen) atoms. The second-order valence-electron chi connectivity index (χ2n) is 4.94. The van der Waals surface area contributed by atoms with Crippen molar-refractivity contribution in [1.29, 1.82) is 0 Å². The minimum Gasteiger partial charge on any atom is -0.462 e. The highest BCUT2D eigenvalue weighted by molar-refractivity contribution is 5.66. The molecule has 1 saturated carbocycles. The van der Waals surface area contributed by atoms with Gasteiger partial charge < -0.3 is 9.47 Å². The normalized spacial score (nSPS) is 26.1. The number of rotatable bonds is 5. The van der Waals surface area contributed by atoms with Crippen LogP contribution in [0.1, 0.15) is 25.3 Å². The average molecular weight is 260 g/mol. The van der Waals surface area contributed by atoms with Crippen molar-refractivity contribution in [2.45, 2.75) is 38.6 Å². The van der Waals surface area contributed by atoms with Crippen molar-refractivity contribution in [1.82, 2.24) is 0 Å². The van der Waals surface area contributed by atoms with Gasteiger partial charge in [-0.1, -0.05) is 36.4 Å². The highest BCUT2D eigenvalue weighted by Crippen LogP contribution is 2.32. The van der Waals surface area contributed by atoms with Crippen LogP contribution < -0.4 is 0 Å². The van der Waals surface area contributed by atoms with Crippen LogP contribution in [0.2, 0.25) is 0 Å². The standard InChI is InChI=1S/C16H20O3/c1-3-14-9-15(10-16(14)19-12(2)17)18-11-13-7-5-4-6-8-13/h3-8,14-16H,1,9-11H2,2H3/t14-,15-,16-/m0/s1. The Balaban J connectivity index is 1.85. The van der Waals surface area contributed by atoms with E-state index in [2.05, 4.69) is 6.58 Å². The van der Waals surface area contributed by atoms with E-state index in [4.69, 9.17) is 9.47 Å². The van der Waals surface area contributed by atoms with E-state index in [1.807, 2.05) is 36.4 Å². The molecule has 102 valence electrons. The second kappa shape index (κ2) is 6.53. The van der Waals surface area contributed by atoms with E-state index in [9.17, 15) is 4.79 Å². The van der Waals surface area contributed by atoms with Gasteiger partial charge in [-0.2, -0.15) is 0 Å². The molecule has 0 unspecified atom stereocenters. The molecule has 0 heterocycles. The van der Waals surface area contributed by atoms with Crippen molar-refractivity contribution in [3.63, 3.8) is 0 Å². The summed E-state index contributed by atoms with van der Waals surface area (Å²) in [6.45, 7) is 5.85. The molecule has 1 aliphatic carbocycles. The maximum atomic E-state index is 11.0. The van der Waals surface area contributed by atoms with Gasteiger partial charge in [0.15, 0.2) is 0 Å². The molecule has 0 aliphatic heterocycles. The van der Waals surface area contributed by atoms with Gasteiger partial charge in [-0.05, 0) is 12.0 Å². The lowest BCUT2D eigenvalue weighted by Gasteiger charge is -2.15. The molecule has 0 bridgehead atoms. The van der Waals surface area contributed by atoms with Gasteiger partial charge in [-0.25, -0.2) is 0 Å². The predicted molar refractivity (Wildman–Crippen MR) is 73.5 cm³/mol. The van der Waals surface area contributed by atoms with Crippen LogP contribution in [0.4, 0.5) is 0 Å². The molecular weight excluding hydrogens is 240 g/mol. The Hall–Kier alpha value is -1.61. The van der Waals surface area contributed by atoms with Gasteiger partial charge in [0.25, 0.3) is 0 Å². The summed E-state index contributed by atoms with van der Waals surface area (Å²) in [6.07, 6.45) is 3.53. The number of hydrogen-bond acceptors (Lipinski definition) is 3. The molecule has 0 spiro atoms. The van der Waals surface area contributed by atoms with E-state index < -0.39 is 0 Å². The van der Waals surface area contributed by atoms with Crippen LogP contribution in [0.15, 0.2) is 43.0 Å². The van der Waals surface area contributed by atoms with Gasteiger partial charge in [0.05, 0.1) is 12.7 Å². The zero-order valence-corrected chi connectivity index (χ0v) is 11.2. The number of esters is 1. The van der Waals surface area contributed by atoms with Gasteiger partial charge in [0.2, 0.25) is 0 Å². The molecule has 0 aromatic heterocycles. The second-order valence-corrected chi connectivity index (χ2v) is 4.94. The van der Waals surface area contributed by atoms with Crippen LogP contribution in [0.25, 0.3) is 0 Å². The SMILES string of the molecule is C=C[C@H]1C[C@H](OCc2ccccc2)C[C@@H]1OC(C)=O. The number of carbonyl (C=O) groups is 1. The monoisotopic (exact) mass is 260 g/mol. The van der Waals surface area contributed by atoms with Crippen LogP contribution >= 0.6 is 0 Å². The molecule has 2 rings (SSSR count). The van der Waals surface area contributed by atoms with E-state index in [0.717, 1.165) is 18.4 Å². The summed E-state index contributed by atoms with van der Waals surface area (Å²) in [6, 6.07) is 10.1. The summed E-state index contributed by atoms with van der Waals surface area (Å²) in [4.78, 5) is 11.0. The first-order valence-electron chi connectivity index (χ1n) is 6.64. The number of carbonyl (C=O) groups excluding carboxylic acids is 1. The Morgan fingerprint density at radius 2 is 2.11 bits per heavy atom. The first-order valence-corrected chi connectivity index (χ1v) is 6.64. The zero-order chi connectivity index (χ0) is 13.7. The van der Waals surface area contributed by atoms with Gasteiger partial charge in [-0.3, -0.25) is 4.79 Å². The first kappa shape index (κ1) is 13.8. The molecule has 0 amide bonds. The zero-order valence-electron chi connectivity index (χ0n) is 11.2. The molecule has 0 saturated heterocycles. The summed E-state index contributed by atoms with van der Waals surface area (Å²) < 4.78 is 11.2. The Kier molecular flexibility index (Phi) is 4.74. The molecular formula is C16H20O3. The van der Waals surface area contributed by atoms with E-state index in [1.54, 1.807) is 0 Å². The van der Waals surface area contributed by atoms with Crippen molar-refractivity contribution in [3.8, 4) is 0 Å². The van der Waals surface area contributed by atoms with Crippen LogP contribution in [-0.4, -0.2) is 18.2 Å². The summed E-state index contributed by atoms with van der Waals surface area (Å²) in [7, 11) is 0. The van der Waals surface area contributed by atoms with Crippen LogP contribution in [0.5, 0.6) is 0 Å². The Bertz CT molecular complexity index is 427. The number of hydrogen-bond donors (Lipinski definition) is 0. The van der Waals surface area contributed by atoms with E-state index >= 15 is 0 Å². The molecule has 1 aromatic carbocycles. The van der Waals surface area contributed by atoms with Crippen molar-refractivity contribution in [2.24, 2.45) is 5.92 Å². The van der Waals surface area contributed by atoms with Crippen LogP contribution in [-0.2, 0) is 20.9 Å². The molecule has 1 aromatic rings. The fraction of sp³-hybridized carbons (Fsp3) is 0.438. The number of ether oxygens (including phenoxy) is 2. The molecule has 0 N–H and O–H groups in total. The van der Waals surface area contributed by atoms with Gasteiger partial charge in [0, 0.05) is 19.3 Å². The topological polar surface area (TPSA) is 35.5 Å². The summed E-state index contributed by atoms with van der Waals surface area (Å²) >= 11 is 0. The third-order valence-electron chi connectivity index (χ3n) is 3.46. The largest absolute Gasteiger partial charge is 0.462 e. The van der Waals surface area contributed by atoms with Gasteiger partial charge in [-0.15, -0.1) is 6.58 Å². The predicted octanol–water partition coefficient (Wildman–Crippen LogP) is 3.10. The highest BCUT2D eigenvalue weighted by Gasteiger charge is 2.35. The third kappa shape index (κ3) is 3.93. The van der Waals surface area contributed by atoms with Crippen molar-refractivity contribution in [3.05, 3.63) is 48.6 Å². The minimum atomic E-state index is -0.236. The van der Waals surface area contributed by atoms with E-state index in [0.29, 0.717) is 6.61 Å². The van der Waals surface area contributed by atoms with Gasteiger partial charge in [0.1, 0.15) is 6.10 Å². The highest BCUT2D eigenvalue weighted by atomic mass is 16.5. The smallest absolute Gasteiger partial charge is 0.302 e. The van der Waals surface area contributed by atoms with E-state index in [1.165, 1.54) is 6.92 Å². The molecule has 3 atom stereocenters. The third-order valence-corrected chi connectivity index (χ3v) is 3.46. The van der Waals surface area contributed by atoms with Gasteiger partial charge >= 0.3 is 5.97 Å². The lowest BCUT2D eigenvalue weighted by atomic mass is 10.1. The lowest BCUT2D eigenvalue weighted by molar-refractivity contribution is -0.147. The van der Waals surface area contributed by atoms with Crippen LogP contribution in [0, 0.1) is 5.92 Å². The average Bonchev–Trinajstić information content (AvgIpc) is 2.79. The fourth-order valence-electron chi connectivity index (χ4n) is 2.51. The first-order chi connectivity index (χ1) is 9.19. The molecule has 0 radical (unpaired) electrons. The van der Waals surface area contributed by atoms with Crippen molar-refractivity contribution >= 4 is 5.97 Å². The fourth-order valence-corrected chi connectivity index (χ4v) is 2.51. The Morgan fingerprint density at radius 1 is 1.37 bits per heavy atom. The summed E-state index contributed by atoms with van der Waals surface area (Å²) in [5.74, 6) is -0.0368. The summed E-state index contributed by atoms with van der Waals surface area (Å²) in [5, 5.41) is 0. The molecule has 1 aliphatic rings. The Labute approximate surface area is 114 Å². The van der Waals surface area contributed by atoms with Crippen LogP contribution in [0.3, 0.4) is 0 Å². The molecule has 1 fully saturated rings. The van der Waals surface area contributed by atoms with Crippen molar-refractivity contribution in [2.75, 3.05) is 0 Å². The number of benzene rings is 1. The Morgan fingerprint density at radius 3 is 2.74 bits per heavy atom. The minimum absolute atomic E-state index is 0.0872. The maximum absolute atomic E-state index is 11.0. The van der Waals surface area contributed by atoms with Crippen molar-refractivity contribution < 1.29 is 14.3 Å². The lowest BCUT2D eigenvalue weighted by Crippen LogP contribution is -2.19.